The molecule has 1 amide bonds. The van der Waals surface area contributed by atoms with Crippen LogP contribution in [0.15, 0.2) is 66.1 Å². The number of aromatic nitrogens is 3. The topological polar surface area (TPSA) is 59.3 Å². The molecule has 128 valence electrons. The van der Waals surface area contributed by atoms with Crippen LogP contribution in [-0.2, 0) is 4.79 Å². The number of carbonyl (C=O) groups is 1. The summed E-state index contributed by atoms with van der Waals surface area (Å²) in [7, 11) is 0. The van der Waals surface area contributed by atoms with Crippen LogP contribution in [0.25, 0.3) is 22.3 Å². The summed E-state index contributed by atoms with van der Waals surface area (Å²) in [5, 5.41) is 9.73. The Labute approximate surface area is 158 Å². The van der Waals surface area contributed by atoms with Crippen molar-refractivity contribution in [2.24, 2.45) is 0 Å². The van der Waals surface area contributed by atoms with Crippen LogP contribution in [0.3, 0.4) is 0 Å². The van der Waals surface area contributed by atoms with Gasteiger partial charge in [0.25, 0.3) is 11.9 Å². The van der Waals surface area contributed by atoms with Crippen LogP contribution in [0.1, 0.15) is 5.56 Å². The highest BCUT2D eigenvalue weighted by Gasteiger charge is 2.12. The molecule has 2 aromatic heterocycles. The number of carbonyl (C=O) groups excluding carboxylic acids is 1. The maximum Gasteiger partial charge on any atom is 0.250 e. The number of nitrogens with zero attached hydrogens (tertiary/aromatic N) is 3. The standard InChI is InChI=1S/C19H13ClN4OS/c20-15-9-6-13(7-10-15)8-11-17(25)21-18-22-19-24(23-18)16(12-26-19)14-4-2-1-3-5-14/h1-12H,(H,21,23,25)/b11-8+. The van der Waals surface area contributed by atoms with Gasteiger partial charge in [0, 0.05) is 22.0 Å². The van der Waals surface area contributed by atoms with Crippen molar-refractivity contribution in [1.82, 2.24) is 14.6 Å². The van der Waals surface area contributed by atoms with Crippen LogP contribution in [0.2, 0.25) is 5.02 Å². The first-order valence-corrected chi connectivity index (χ1v) is 9.09. The molecular weight excluding hydrogens is 368 g/mol. The van der Waals surface area contributed by atoms with E-state index < -0.39 is 0 Å². The molecule has 2 aromatic carbocycles. The number of hydrogen-bond acceptors (Lipinski definition) is 4. The zero-order valence-electron chi connectivity index (χ0n) is 13.5. The molecule has 26 heavy (non-hydrogen) atoms. The van der Waals surface area contributed by atoms with Gasteiger partial charge in [-0.2, -0.15) is 4.98 Å². The molecule has 1 N–H and O–H groups in total. The van der Waals surface area contributed by atoms with Gasteiger partial charge < -0.3 is 0 Å². The third-order valence-electron chi connectivity index (χ3n) is 3.68. The number of halogens is 1. The Morgan fingerprint density at radius 3 is 2.65 bits per heavy atom. The van der Waals surface area contributed by atoms with Gasteiger partial charge in [0.15, 0.2) is 0 Å². The van der Waals surface area contributed by atoms with Crippen molar-refractivity contribution < 1.29 is 4.79 Å². The highest BCUT2D eigenvalue weighted by atomic mass is 35.5. The highest BCUT2D eigenvalue weighted by Crippen LogP contribution is 2.25. The average molecular weight is 381 g/mol. The Bertz CT molecular complexity index is 1080. The summed E-state index contributed by atoms with van der Waals surface area (Å²) < 4.78 is 1.73. The number of fused-ring (bicyclic) bond motifs is 1. The minimum Gasteiger partial charge on any atom is -0.290 e. The number of rotatable bonds is 4. The largest absolute Gasteiger partial charge is 0.290 e. The van der Waals surface area contributed by atoms with E-state index >= 15 is 0 Å². The lowest BCUT2D eigenvalue weighted by Crippen LogP contribution is -2.09. The third-order valence-corrected chi connectivity index (χ3v) is 4.75. The Morgan fingerprint density at radius 1 is 1.12 bits per heavy atom. The van der Waals surface area contributed by atoms with E-state index in [0.717, 1.165) is 21.8 Å². The summed E-state index contributed by atoms with van der Waals surface area (Å²) in [5.74, 6) is -0.0146. The molecule has 0 bridgehead atoms. The predicted octanol–water partition coefficient (Wildman–Crippen LogP) is 4.76. The van der Waals surface area contributed by atoms with Gasteiger partial charge in [-0.25, -0.2) is 4.52 Å². The van der Waals surface area contributed by atoms with Crippen molar-refractivity contribution in [2.75, 3.05) is 5.32 Å². The summed E-state index contributed by atoms with van der Waals surface area (Å²) >= 11 is 7.32. The zero-order valence-corrected chi connectivity index (χ0v) is 15.0. The molecule has 0 atom stereocenters. The van der Waals surface area contributed by atoms with Crippen molar-refractivity contribution in [3.63, 3.8) is 0 Å². The molecule has 4 rings (SSSR count). The van der Waals surface area contributed by atoms with Gasteiger partial charge in [-0.15, -0.1) is 16.4 Å². The van der Waals surface area contributed by atoms with Crippen LogP contribution < -0.4 is 5.32 Å². The molecule has 4 aromatic rings. The Hall–Kier alpha value is -2.96. The SMILES string of the molecule is O=C(/C=C/c1ccc(Cl)cc1)Nc1nc2scc(-c3ccccc3)n2n1. The van der Waals surface area contributed by atoms with Crippen molar-refractivity contribution in [1.29, 1.82) is 0 Å². The van der Waals surface area contributed by atoms with Crippen molar-refractivity contribution in [2.45, 2.75) is 0 Å². The van der Waals surface area contributed by atoms with Crippen molar-refractivity contribution >= 4 is 45.8 Å². The van der Waals surface area contributed by atoms with Crippen LogP contribution in [0.5, 0.6) is 0 Å². The van der Waals surface area contributed by atoms with E-state index in [-0.39, 0.29) is 11.9 Å². The first-order valence-electron chi connectivity index (χ1n) is 7.83. The second-order valence-electron chi connectivity index (χ2n) is 5.49. The van der Waals surface area contributed by atoms with E-state index in [4.69, 9.17) is 11.6 Å². The van der Waals surface area contributed by atoms with Gasteiger partial charge in [-0.3, -0.25) is 10.1 Å². The number of nitrogens with one attached hydrogen (secondary N) is 1. The summed E-state index contributed by atoms with van der Waals surface area (Å²) in [6.45, 7) is 0. The van der Waals surface area contributed by atoms with Gasteiger partial charge >= 0.3 is 0 Å². The quantitative estimate of drug-likeness (QED) is 0.519. The third kappa shape index (κ3) is 3.51. The molecule has 0 aliphatic rings. The summed E-state index contributed by atoms with van der Waals surface area (Å²) in [5.41, 5.74) is 2.87. The Balaban J connectivity index is 1.51. The van der Waals surface area contributed by atoms with E-state index in [1.165, 1.54) is 17.4 Å². The number of anilines is 1. The molecule has 0 radical (unpaired) electrons. The number of thiazole rings is 1. The van der Waals surface area contributed by atoms with Gasteiger partial charge in [-0.1, -0.05) is 54.1 Å². The molecule has 7 heteroatoms. The Kier molecular flexibility index (Phi) is 4.51. The summed E-state index contributed by atoms with van der Waals surface area (Å²) in [4.78, 5) is 17.2. The lowest BCUT2D eigenvalue weighted by Gasteiger charge is -1.98. The number of hydrogen-bond donors (Lipinski definition) is 1. The van der Waals surface area contributed by atoms with Crippen molar-refractivity contribution in [3.05, 3.63) is 76.6 Å². The number of amides is 1. The van der Waals surface area contributed by atoms with Crippen molar-refractivity contribution in [3.8, 4) is 11.3 Å². The molecule has 2 heterocycles. The Morgan fingerprint density at radius 2 is 1.88 bits per heavy atom. The first kappa shape index (κ1) is 16.5. The second-order valence-corrected chi connectivity index (χ2v) is 6.76. The number of benzene rings is 2. The summed E-state index contributed by atoms with van der Waals surface area (Å²) in [6, 6.07) is 17.1. The van der Waals surface area contributed by atoms with Gasteiger partial charge in [-0.05, 0) is 23.8 Å². The first-order chi connectivity index (χ1) is 12.7. The molecule has 0 aliphatic heterocycles. The fourth-order valence-electron chi connectivity index (χ4n) is 2.44. The lowest BCUT2D eigenvalue weighted by atomic mass is 10.2. The van der Waals surface area contributed by atoms with Crippen LogP contribution >= 0.6 is 22.9 Å². The maximum absolute atomic E-state index is 12.1. The molecule has 0 fully saturated rings. The van der Waals surface area contributed by atoms with Crippen LogP contribution in [0.4, 0.5) is 5.95 Å². The maximum atomic E-state index is 12.1. The average Bonchev–Trinajstić information content (AvgIpc) is 3.22. The lowest BCUT2D eigenvalue weighted by molar-refractivity contribution is -0.111. The monoisotopic (exact) mass is 380 g/mol. The predicted molar refractivity (Wildman–Crippen MR) is 105 cm³/mol. The van der Waals surface area contributed by atoms with E-state index in [2.05, 4.69) is 15.4 Å². The normalized spacial score (nSPS) is 11.3. The van der Waals surface area contributed by atoms with E-state index in [9.17, 15) is 4.79 Å². The molecule has 0 saturated carbocycles. The van der Waals surface area contributed by atoms with Gasteiger partial charge in [0.05, 0.1) is 5.69 Å². The molecule has 0 saturated heterocycles. The second kappa shape index (κ2) is 7.11. The summed E-state index contributed by atoms with van der Waals surface area (Å²) in [6.07, 6.45) is 3.15. The van der Waals surface area contributed by atoms with Gasteiger partial charge in [0.1, 0.15) is 0 Å². The molecular formula is C19H13ClN4OS. The molecule has 5 nitrogen and oxygen atoms in total. The highest BCUT2D eigenvalue weighted by molar-refractivity contribution is 7.15. The van der Waals surface area contributed by atoms with E-state index in [0.29, 0.717) is 5.02 Å². The minimum atomic E-state index is -0.292. The van der Waals surface area contributed by atoms with Crippen LogP contribution in [-0.4, -0.2) is 20.5 Å². The minimum absolute atomic E-state index is 0.278. The fraction of sp³-hybridized carbons (Fsp3) is 0. The molecule has 0 unspecified atom stereocenters. The zero-order chi connectivity index (χ0) is 17.9. The van der Waals surface area contributed by atoms with E-state index in [1.54, 1.807) is 22.7 Å². The fourth-order valence-corrected chi connectivity index (χ4v) is 3.40. The molecule has 0 spiro atoms. The smallest absolute Gasteiger partial charge is 0.250 e. The van der Waals surface area contributed by atoms with Crippen LogP contribution in [0, 0.1) is 0 Å². The molecule has 0 aliphatic carbocycles. The van der Waals surface area contributed by atoms with E-state index in [1.807, 2.05) is 47.8 Å². The van der Waals surface area contributed by atoms with Gasteiger partial charge in [0.2, 0.25) is 4.96 Å².